The van der Waals surface area contributed by atoms with Gasteiger partial charge in [-0.3, -0.25) is 0 Å². The van der Waals surface area contributed by atoms with Gasteiger partial charge in [-0.15, -0.1) is 12.4 Å². The Hall–Kier alpha value is -0.450. The molecule has 0 atom stereocenters. The number of methoxy groups -OCH3 is 2. The summed E-state index contributed by atoms with van der Waals surface area (Å²) in [6, 6.07) is 4.04. The zero-order valence-electron chi connectivity index (χ0n) is 10.4. The van der Waals surface area contributed by atoms with Gasteiger partial charge < -0.3 is 14.8 Å². The van der Waals surface area contributed by atoms with Crippen molar-refractivity contribution in [3.05, 3.63) is 22.2 Å². The zero-order chi connectivity index (χ0) is 12.0. The van der Waals surface area contributed by atoms with Gasteiger partial charge in [-0.1, -0.05) is 6.92 Å². The molecule has 1 rings (SSSR count). The average Bonchev–Trinajstić information content (AvgIpc) is 2.28. The Labute approximate surface area is 117 Å². The third-order valence-corrected chi connectivity index (χ3v) is 2.84. The number of halogens is 2. The molecule has 0 fully saturated rings. The van der Waals surface area contributed by atoms with E-state index in [0.29, 0.717) is 0 Å². The predicted octanol–water partition coefficient (Wildman–Crippen LogP) is 3.39. The summed E-state index contributed by atoms with van der Waals surface area (Å²) in [6.45, 7) is 4.01. The Balaban J connectivity index is 0.00000256. The highest BCUT2D eigenvalue weighted by molar-refractivity contribution is 9.10. The Morgan fingerprint density at radius 2 is 1.94 bits per heavy atom. The summed E-state index contributed by atoms with van der Waals surface area (Å²) in [5, 5.41) is 3.35. The molecule has 3 nitrogen and oxygen atoms in total. The smallest absolute Gasteiger partial charge is 0.174 e. The standard InChI is InChI=1S/C12H18BrNO2.ClH/c1-4-5-14-8-9-6-10(13)12(16-3)11(7-9)15-2;/h6-7,14H,4-5,8H2,1-3H3;1H. The highest BCUT2D eigenvalue weighted by atomic mass is 79.9. The number of hydrogen-bond acceptors (Lipinski definition) is 3. The van der Waals surface area contributed by atoms with Crippen LogP contribution in [-0.2, 0) is 6.54 Å². The number of rotatable bonds is 6. The molecule has 0 heterocycles. The lowest BCUT2D eigenvalue weighted by Crippen LogP contribution is -2.13. The quantitative estimate of drug-likeness (QED) is 0.814. The highest BCUT2D eigenvalue weighted by Crippen LogP contribution is 2.36. The van der Waals surface area contributed by atoms with E-state index in [-0.39, 0.29) is 12.4 Å². The first kappa shape index (κ1) is 16.6. The van der Waals surface area contributed by atoms with E-state index in [4.69, 9.17) is 9.47 Å². The van der Waals surface area contributed by atoms with Crippen molar-refractivity contribution in [1.29, 1.82) is 0 Å². The summed E-state index contributed by atoms with van der Waals surface area (Å²) in [5.41, 5.74) is 1.18. The summed E-state index contributed by atoms with van der Waals surface area (Å²) in [4.78, 5) is 0. The zero-order valence-corrected chi connectivity index (χ0v) is 12.8. The van der Waals surface area contributed by atoms with Gasteiger partial charge in [0.25, 0.3) is 0 Å². The minimum Gasteiger partial charge on any atom is -0.493 e. The van der Waals surface area contributed by atoms with Gasteiger partial charge in [-0.05, 0) is 46.6 Å². The van der Waals surface area contributed by atoms with Gasteiger partial charge in [-0.25, -0.2) is 0 Å². The minimum atomic E-state index is 0. The van der Waals surface area contributed by atoms with Crippen molar-refractivity contribution in [2.75, 3.05) is 20.8 Å². The second kappa shape index (κ2) is 8.61. The van der Waals surface area contributed by atoms with E-state index in [2.05, 4.69) is 28.2 Å². The molecule has 1 N–H and O–H groups in total. The van der Waals surface area contributed by atoms with E-state index in [1.807, 2.05) is 12.1 Å². The minimum absolute atomic E-state index is 0. The number of nitrogens with one attached hydrogen (secondary N) is 1. The Morgan fingerprint density at radius 3 is 2.47 bits per heavy atom. The maximum Gasteiger partial charge on any atom is 0.174 e. The van der Waals surface area contributed by atoms with Crippen LogP contribution in [-0.4, -0.2) is 20.8 Å². The Morgan fingerprint density at radius 1 is 1.24 bits per heavy atom. The number of hydrogen-bond donors (Lipinski definition) is 1. The van der Waals surface area contributed by atoms with Crippen molar-refractivity contribution in [3.8, 4) is 11.5 Å². The van der Waals surface area contributed by atoms with Crippen molar-refractivity contribution in [2.45, 2.75) is 19.9 Å². The molecule has 0 unspecified atom stereocenters. The molecule has 5 heteroatoms. The molecule has 0 bridgehead atoms. The molecule has 1 aromatic rings. The van der Waals surface area contributed by atoms with E-state index in [1.54, 1.807) is 14.2 Å². The molecule has 0 aliphatic heterocycles. The third-order valence-electron chi connectivity index (χ3n) is 2.25. The van der Waals surface area contributed by atoms with Crippen LogP contribution in [0.1, 0.15) is 18.9 Å². The van der Waals surface area contributed by atoms with Gasteiger partial charge in [0.2, 0.25) is 0 Å². The molecular formula is C12H19BrClNO2. The lowest BCUT2D eigenvalue weighted by molar-refractivity contribution is 0.352. The van der Waals surface area contributed by atoms with Crippen LogP contribution in [0.3, 0.4) is 0 Å². The summed E-state index contributed by atoms with van der Waals surface area (Å²) in [6.07, 6.45) is 1.13. The molecule has 0 aliphatic rings. The van der Waals surface area contributed by atoms with Crippen LogP contribution in [0.2, 0.25) is 0 Å². The van der Waals surface area contributed by atoms with Crippen LogP contribution in [0.5, 0.6) is 11.5 Å². The van der Waals surface area contributed by atoms with Crippen LogP contribution in [0.4, 0.5) is 0 Å². The summed E-state index contributed by atoms with van der Waals surface area (Å²) >= 11 is 3.48. The van der Waals surface area contributed by atoms with E-state index < -0.39 is 0 Å². The first-order valence-electron chi connectivity index (χ1n) is 5.34. The van der Waals surface area contributed by atoms with Crippen LogP contribution < -0.4 is 14.8 Å². The van der Waals surface area contributed by atoms with Crippen LogP contribution >= 0.6 is 28.3 Å². The van der Waals surface area contributed by atoms with Crippen molar-refractivity contribution >= 4 is 28.3 Å². The molecule has 1 aromatic carbocycles. The maximum absolute atomic E-state index is 5.28. The molecule has 0 radical (unpaired) electrons. The van der Waals surface area contributed by atoms with Crippen molar-refractivity contribution in [1.82, 2.24) is 5.32 Å². The molecule has 98 valence electrons. The third kappa shape index (κ3) is 4.74. The van der Waals surface area contributed by atoms with Gasteiger partial charge in [0.15, 0.2) is 11.5 Å². The summed E-state index contributed by atoms with van der Waals surface area (Å²) < 4.78 is 11.5. The summed E-state index contributed by atoms with van der Waals surface area (Å²) in [7, 11) is 3.28. The molecule has 17 heavy (non-hydrogen) atoms. The molecule has 0 saturated heterocycles. The van der Waals surface area contributed by atoms with E-state index in [9.17, 15) is 0 Å². The normalized spacial score (nSPS) is 9.65. The average molecular weight is 325 g/mol. The first-order chi connectivity index (χ1) is 7.72. The number of benzene rings is 1. The topological polar surface area (TPSA) is 30.5 Å². The molecule has 0 aromatic heterocycles. The maximum atomic E-state index is 5.28. The predicted molar refractivity (Wildman–Crippen MR) is 76.5 cm³/mol. The number of ether oxygens (including phenoxy) is 2. The molecule has 0 spiro atoms. The van der Waals surface area contributed by atoms with E-state index in [1.165, 1.54) is 5.56 Å². The van der Waals surface area contributed by atoms with Crippen molar-refractivity contribution in [3.63, 3.8) is 0 Å². The fraction of sp³-hybridized carbons (Fsp3) is 0.500. The molecule has 0 amide bonds. The molecule has 0 aliphatic carbocycles. The van der Waals surface area contributed by atoms with Crippen molar-refractivity contribution < 1.29 is 9.47 Å². The highest BCUT2D eigenvalue weighted by Gasteiger charge is 2.09. The van der Waals surface area contributed by atoms with E-state index in [0.717, 1.165) is 35.5 Å². The largest absolute Gasteiger partial charge is 0.493 e. The van der Waals surface area contributed by atoms with Crippen LogP contribution in [0.15, 0.2) is 16.6 Å². The second-order valence-corrected chi connectivity index (χ2v) is 4.34. The molecule has 0 saturated carbocycles. The van der Waals surface area contributed by atoms with Crippen LogP contribution in [0, 0.1) is 0 Å². The second-order valence-electron chi connectivity index (χ2n) is 3.49. The Kier molecular flexibility index (Phi) is 8.39. The van der Waals surface area contributed by atoms with Gasteiger partial charge in [0.1, 0.15) is 0 Å². The fourth-order valence-electron chi connectivity index (χ4n) is 1.48. The van der Waals surface area contributed by atoms with Crippen LogP contribution in [0.25, 0.3) is 0 Å². The van der Waals surface area contributed by atoms with Gasteiger partial charge >= 0.3 is 0 Å². The lowest BCUT2D eigenvalue weighted by atomic mass is 10.2. The van der Waals surface area contributed by atoms with Gasteiger partial charge in [0, 0.05) is 6.54 Å². The van der Waals surface area contributed by atoms with Crippen molar-refractivity contribution in [2.24, 2.45) is 0 Å². The Bertz CT molecular complexity index is 348. The first-order valence-corrected chi connectivity index (χ1v) is 6.13. The SMILES string of the molecule is CCCNCc1cc(Br)c(OC)c(OC)c1.Cl. The lowest BCUT2D eigenvalue weighted by Gasteiger charge is -2.12. The fourth-order valence-corrected chi connectivity index (χ4v) is 2.13. The van der Waals surface area contributed by atoms with E-state index >= 15 is 0 Å². The van der Waals surface area contributed by atoms with Gasteiger partial charge in [0.05, 0.1) is 18.7 Å². The molecular weight excluding hydrogens is 305 g/mol. The monoisotopic (exact) mass is 323 g/mol. The summed E-state index contributed by atoms with van der Waals surface area (Å²) in [5.74, 6) is 1.49. The van der Waals surface area contributed by atoms with Gasteiger partial charge in [-0.2, -0.15) is 0 Å².